The van der Waals surface area contributed by atoms with Crippen LogP contribution in [-0.4, -0.2) is 29.8 Å². The van der Waals surface area contributed by atoms with Gasteiger partial charge in [-0.25, -0.2) is 0 Å². The van der Waals surface area contributed by atoms with Crippen molar-refractivity contribution in [1.29, 1.82) is 0 Å². The number of alkyl halides is 1. The van der Waals surface area contributed by atoms with Gasteiger partial charge in [-0.05, 0) is 25.0 Å². The van der Waals surface area contributed by atoms with Crippen molar-refractivity contribution in [2.24, 2.45) is 0 Å². The van der Waals surface area contributed by atoms with Crippen molar-refractivity contribution in [1.82, 2.24) is 4.90 Å². The minimum atomic E-state index is -0.0322. The Labute approximate surface area is 127 Å². The van der Waals surface area contributed by atoms with Crippen LogP contribution in [0.25, 0.3) is 0 Å². The summed E-state index contributed by atoms with van der Waals surface area (Å²) in [5.74, 6) is 1.18. The fourth-order valence-corrected chi connectivity index (χ4v) is 2.43. The van der Waals surface area contributed by atoms with Gasteiger partial charge in [0, 0.05) is 24.1 Å². The fraction of sp³-hybridized carbons (Fsp3) is 0.400. The second-order valence-electron chi connectivity index (χ2n) is 4.51. The average Bonchev–Trinajstić information content (AvgIpc) is 2.63. The van der Waals surface area contributed by atoms with Crippen molar-refractivity contribution < 1.29 is 14.3 Å². The molecule has 1 aliphatic heterocycles. The number of ether oxygens (including phenoxy) is 2. The molecule has 5 heteroatoms. The zero-order valence-electron chi connectivity index (χ0n) is 11.5. The van der Waals surface area contributed by atoms with Crippen LogP contribution in [0.1, 0.15) is 29.6 Å². The lowest BCUT2D eigenvalue weighted by Crippen LogP contribution is -2.26. The molecule has 0 atom stereocenters. The summed E-state index contributed by atoms with van der Waals surface area (Å²) in [6.45, 7) is 0.706. The molecule has 0 spiro atoms. The van der Waals surface area contributed by atoms with Gasteiger partial charge in [-0.3, -0.25) is 4.79 Å². The van der Waals surface area contributed by atoms with Gasteiger partial charge in [-0.15, -0.1) is 0 Å². The van der Waals surface area contributed by atoms with E-state index in [1.165, 1.54) is 0 Å². The highest BCUT2D eigenvalue weighted by molar-refractivity contribution is 9.09. The summed E-state index contributed by atoms with van der Waals surface area (Å²) in [4.78, 5) is 14.1. The van der Waals surface area contributed by atoms with E-state index in [0.29, 0.717) is 23.6 Å². The lowest BCUT2D eigenvalue weighted by Gasteiger charge is -2.16. The Bertz CT molecular complexity index is 502. The predicted molar refractivity (Wildman–Crippen MR) is 81.4 cm³/mol. The van der Waals surface area contributed by atoms with Crippen LogP contribution >= 0.6 is 15.9 Å². The third-order valence-corrected chi connectivity index (χ3v) is 3.71. The van der Waals surface area contributed by atoms with Gasteiger partial charge in [0.2, 0.25) is 0 Å². The Morgan fingerprint density at radius 3 is 2.90 bits per heavy atom. The Balaban J connectivity index is 2.09. The van der Waals surface area contributed by atoms with E-state index in [1.54, 1.807) is 42.7 Å². The molecule has 1 heterocycles. The number of carbonyl (C=O) groups excluding carboxylic acids is 1. The molecule has 2 rings (SSSR count). The number of hydrogen-bond acceptors (Lipinski definition) is 3. The Hall–Kier alpha value is -1.49. The van der Waals surface area contributed by atoms with Gasteiger partial charge >= 0.3 is 0 Å². The van der Waals surface area contributed by atoms with E-state index in [0.717, 1.165) is 24.6 Å². The fourth-order valence-electron chi connectivity index (χ4n) is 2.03. The summed E-state index contributed by atoms with van der Waals surface area (Å²) in [6.07, 6.45) is 6.44. The topological polar surface area (TPSA) is 38.8 Å². The van der Waals surface area contributed by atoms with Gasteiger partial charge in [0.25, 0.3) is 5.91 Å². The minimum Gasteiger partial charge on any atom is -0.497 e. The molecule has 1 aromatic rings. The maximum absolute atomic E-state index is 12.4. The van der Waals surface area contributed by atoms with Gasteiger partial charge in [0.15, 0.2) is 0 Å². The first-order chi connectivity index (χ1) is 9.76. The predicted octanol–water partition coefficient (Wildman–Crippen LogP) is 3.57. The van der Waals surface area contributed by atoms with E-state index in [4.69, 9.17) is 9.47 Å². The van der Waals surface area contributed by atoms with Crippen LogP contribution in [0.5, 0.6) is 11.5 Å². The van der Waals surface area contributed by atoms with Crippen LogP contribution < -0.4 is 9.47 Å². The number of benzene rings is 1. The van der Waals surface area contributed by atoms with Crippen molar-refractivity contribution in [3.63, 3.8) is 0 Å². The largest absolute Gasteiger partial charge is 0.497 e. The zero-order chi connectivity index (χ0) is 14.4. The quantitative estimate of drug-likeness (QED) is 0.587. The number of rotatable bonds is 6. The molecule has 108 valence electrons. The molecule has 0 saturated heterocycles. The Morgan fingerprint density at radius 2 is 2.15 bits per heavy atom. The third kappa shape index (κ3) is 3.54. The summed E-state index contributed by atoms with van der Waals surface area (Å²) in [5, 5.41) is 1.00. The molecule has 0 unspecified atom stereocenters. The molecular weight excluding hydrogens is 322 g/mol. The summed E-state index contributed by atoms with van der Waals surface area (Å²) >= 11 is 3.41. The second kappa shape index (κ2) is 7.33. The molecule has 1 aromatic carbocycles. The molecule has 0 saturated carbocycles. The molecule has 0 radical (unpaired) electrons. The lowest BCUT2D eigenvalue weighted by molar-refractivity contribution is 0.0822. The first-order valence-electron chi connectivity index (χ1n) is 6.64. The van der Waals surface area contributed by atoms with Crippen molar-refractivity contribution in [2.75, 3.05) is 19.0 Å². The summed E-state index contributed by atoms with van der Waals surface area (Å²) in [5.41, 5.74) is 0.566. The molecule has 1 aliphatic rings. The number of amides is 1. The monoisotopic (exact) mass is 339 g/mol. The van der Waals surface area contributed by atoms with Gasteiger partial charge < -0.3 is 14.4 Å². The van der Waals surface area contributed by atoms with Gasteiger partial charge in [-0.2, -0.15) is 0 Å². The van der Waals surface area contributed by atoms with Crippen LogP contribution in [-0.2, 0) is 0 Å². The molecule has 4 nitrogen and oxygen atoms in total. The molecular formula is C15H18BrNO3. The first kappa shape index (κ1) is 14.9. The highest BCUT2D eigenvalue weighted by Crippen LogP contribution is 2.28. The van der Waals surface area contributed by atoms with Crippen LogP contribution in [0, 0.1) is 0 Å². The SMILES string of the molecule is COc1ccc2c(c1)OC=CN(CCCCCBr)C2=O. The number of unbranched alkanes of at least 4 members (excludes halogenated alkanes) is 2. The smallest absolute Gasteiger partial charge is 0.261 e. The Kier molecular flexibility index (Phi) is 5.47. The first-order valence-corrected chi connectivity index (χ1v) is 7.76. The zero-order valence-corrected chi connectivity index (χ0v) is 13.1. The van der Waals surface area contributed by atoms with Gasteiger partial charge in [0.1, 0.15) is 17.8 Å². The highest BCUT2D eigenvalue weighted by atomic mass is 79.9. The number of nitrogens with zero attached hydrogens (tertiary/aromatic N) is 1. The molecule has 0 aliphatic carbocycles. The van der Waals surface area contributed by atoms with E-state index >= 15 is 0 Å². The van der Waals surface area contributed by atoms with Crippen LogP contribution in [0.4, 0.5) is 0 Å². The van der Waals surface area contributed by atoms with Crippen molar-refractivity contribution in [3.8, 4) is 11.5 Å². The third-order valence-electron chi connectivity index (χ3n) is 3.15. The minimum absolute atomic E-state index is 0.0322. The van der Waals surface area contributed by atoms with E-state index in [2.05, 4.69) is 15.9 Å². The molecule has 0 aromatic heterocycles. The maximum atomic E-state index is 12.4. The van der Waals surface area contributed by atoms with E-state index in [9.17, 15) is 4.79 Å². The number of methoxy groups -OCH3 is 1. The van der Waals surface area contributed by atoms with E-state index in [-0.39, 0.29) is 5.91 Å². The molecule has 0 N–H and O–H groups in total. The summed E-state index contributed by atoms with van der Waals surface area (Å²) in [7, 11) is 1.59. The number of carbonyl (C=O) groups is 1. The van der Waals surface area contributed by atoms with E-state index < -0.39 is 0 Å². The van der Waals surface area contributed by atoms with Crippen molar-refractivity contribution in [3.05, 3.63) is 36.2 Å². The van der Waals surface area contributed by atoms with Crippen molar-refractivity contribution in [2.45, 2.75) is 19.3 Å². The average molecular weight is 340 g/mol. The molecule has 20 heavy (non-hydrogen) atoms. The number of fused-ring (bicyclic) bond motifs is 1. The van der Waals surface area contributed by atoms with E-state index in [1.807, 2.05) is 0 Å². The Morgan fingerprint density at radius 1 is 1.30 bits per heavy atom. The van der Waals surface area contributed by atoms with Crippen LogP contribution in [0.2, 0.25) is 0 Å². The highest BCUT2D eigenvalue weighted by Gasteiger charge is 2.21. The number of halogens is 1. The standard InChI is InChI=1S/C15H18BrNO3/c1-19-12-5-6-13-14(11-12)20-10-9-17(15(13)18)8-4-2-3-7-16/h5-6,9-11H,2-4,7-8H2,1H3. The van der Waals surface area contributed by atoms with Gasteiger partial charge in [0.05, 0.1) is 12.7 Å². The molecule has 1 amide bonds. The van der Waals surface area contributed by atoms with Crippen LogP contribution in [0.3, 0.4) is 0 Å². The number of hydrogen-bond donors (Lipinski definition) is 0. The van der Waals surface area contributed by atoms with Crippen molar-refractivity contribution >= 4 is 21.8 Å². The lowest BCUT2D eigenvalue weighted by atomic mass is 10.1. The molecule has 0 bridgehead atoms. The second-order valence-corrected chi connectivity index (χ2v) is 5.31. The van der Waals surface area contributed by atoms with Crippen LogP contribution in [0.15, 0.2) is 30.7 Å². The summed E-state index contributed by atoms with van der Waals surface area (Å²) < 4.78 is 10.6. The van der Waals surface area contributed by atoms with Gasteiger partial charge in [-0.1, -0.05) is 22.4 Å². The summed E-state index contributed by atoms with van der Waals surface area (Å²) in [6, 6.07) is 5.25. The maximum Gasteiger partial charge on any atom is 0.261 e. The normalized spacial score (nSPS) is 13.7. The molecule has 0 fully saturated rings.